The Morgan fingerprint density at radius 1 is 0.704 bits per heavy atom. The Balaban J connectivity index is 2.12. The maximum absolute atomic E-state index is 12.9. The second kappa shape index (κ2) is 9.48. The summed E-state index contributed by atoms with van der Waals surface area (Å²) >= 11 is 0. The van der Waals surface area contributed by atoms with Gasteiger partial charge in [-0.25, -0.2) is 0 Å². The van der Waals surface area contributed by atoms with Gasteiger partial charge in [-0.15, -0.1) is 0 Å². The first kappa shape index (κ1) is 19.3. The van der Waals surface area contributed by atoms with E-state index in [-0.39, 0.29) is 5.97 Å². The standard InChI is InChI=1S/C24H27O2P/c1-2-3-7-20-24(25)26-27(21-14-8-4-9-15-21,22-16-10-5-11-17-22)23-18-12-6-13-19-23/h4-6,8-19,27H,2-3,7,20H2,1H3. The van der Waals surface area contributed by atoms with Crippen molar-refractivity contribution in [3.8, 4) is 0 Å². The molecule has 140 valence electrons. The third-order valence-corrected chi connectivity index (χ3v) is 8.77. The Bertz CT molecular complexity index is 735. The van der Waals surface area contributed by atoms with Gasteiger partial charge in [0.2, 0.25) is 0 Å². The Kier molecular flexibility index (Phi) is 6.79. The van der Waals surface area contributed by atoms with E-state index in [0.29, 0.717) is 6.42 Å². The van der Waals surface area contributed by atoms with Crippen molar-refractivity contribution in [1.29, 1.82) is 0 Å². The molecular weight excluding hydrogens is 351 g/mol. The van der Waals surface area contributed by atoms with Crippen molar-refractivity contribution in [1.82, 2.24) is 0 Å². The fraction of sp³-hybridized carbons (Fsp3) is 0.208. The Labute approximate surface area is 162 Å². The van der Waals surface area contributed by atoms with Gasteiger partial charge in [0.1, 0.15) is 0 Å². The Morgan fingerprint density at radius 2 is 1.11 bits per heavy atom. The molecular formula is C24H27O2P. The molecule has 0 atom stereocenters. The van der Waals surface area contributed by atoms with Crippen LogP contribution in [0.2, 0.25) is 0 Å². The van der Waals surface area contributed by atoms with Gasteiger partial charge >= 0.3 is 162 Å². The molecule has 0 aliphatic heterocycles. The van der Waals surface area contributed by atoms with Crippen LogP contribution < -0.4 is 15.9 Å². The first-order chi connectivity index (χ1) is 13.3. The van der Waals surface area contributed by atoms with Crippen molar-refractivity contribution in [3.63, 3.8) is 0 Å². The summed E-state index contributed by atoms with van der Waals surface area (Å²) < 4.78 is 6.44. The minimum absolute atomic E-state index is 0.105. The normalized spacial score (nSPS) is 11.7. The molecule has 3 rings (SSSR count). The SMILES string of the molecule is CCCCCC(=O)O[PH](c1ccccc1)(c1ccccc1)c1ccccc1. The molecule has 0 fully saturated rings. The number of rotatable bonds is 8. The molecule has 0 aliphatic carbocycles. The first-order valence-electron chi connectivity index (χ1n) is 9.66. The summed E-state index contributed by atoms with van der Waals surface area (Å²) in [6.07, 6.45) is 3.48. The van der Waals surface area contributed by atoms with Crippen molar-refractivity contribution in [2.45, 2.75) is 32.6 Å². The zero-order valence-electron chi connectivity index (χ0n) is 15.8. The zero-order chi connectivity index (χ0) is 19.0. The second-order valence-electron chi connectivity index (χ2n) is 6.71. The van der Waals surface area contributed by atoms with Crippen molar-refractivity contribution in [2.75, 3.05) is 0 Å². The van der Waals surface area contributed by atoms with Crippen LogP contribution >= 0.6 is 7.49 Å². The quantitative estimate of drug-likeness (QED) is 0.418. The van der Waals surface area contributed by atoms with Crippen LogP contribution in [0.4, 0.5) is 0 Å². The van der Waals surface area contributed by atoms with Crippen molar-refractivity contribution >= 4 is 29.4 Å². The van der Waals surface area contributed by atoms with Gasteiger partial charge in [-0.2, -0.15) is 0 Å². The van der Waals surface area contributed by atoms with Crippen LogP contribution in [0.3, 0.4) is 0 Å². The first-order valence-corrected chi connectivity index (χ1v) is 11.6. The van der Waals surface area contributed by atoms with E-state index in [1.54, 1.807) is 0 Å². The van der Waals surface area contributed by atoms with Crippen LogP contribution in [0.25, 0.3) is 0 Å². The van der Waals surface area contributed by atoms with Crippen LogP contribution in [-0.2, 0) is 9.32 Å². The van der Waals surface area contributed by atoms with Gasteiger partial charge in [0.05, 0.1) is 0 Å². The second-order valence-corrected chi connectivity index (χ2v) is 10.0. The molecule has 3 aromatic rings. The zero-order valence-corrected chi connectivity index (χ0v) is 16.8. The third-order valence-electron chi connectivity index (χ3n) is 4.79. The summed E-state index contributed by atoms with van der Waals surface area (Å²) in [5, 5.41) is 3.27. The molecule has 0 radical (unpaired) electrons. The Hall–Kier alpha value is -2.44. The van der Waals surface area contributed by atoms with Crippen LogP contribution in [0.1, 0.15) is 32.6 Å². The predicted octanol–water partition coefficient (Wildman–Crippen LogP) is 4.75. The van der Waals surface area contributed by atoms with Gasteiger partial charge in [0.15, 0.2) is 0 Å². The van der Waals surface area contributed by atoms with Crippen LogP contribution in [-0.4, -0.2) is 5.97 Å². The van der Waals surface area contributed by atoms with Crippen molar-refractivity contribution in [3.05, 3.63) is 91.0 Å². The minimum atomic E-state index is -2.90. The Morgan fingerprint density at radius 3 is 1.48 bits per heavy atom. The van der Waals surface area contributed by atoms with Gasteiger partial charge in [0, 0.05) is 0 Å². The molecule has 0 heterocycles. The topological polar surface area (TPSA) is 26.3 Å². The molecule has 0 amide bonds. The average molecular weight is 378 g/mol. The van der Waals surface area contributed by atoms with E-state index in [2.05, 4.69) is 43.3 Å². The average Bonchev–Trinajstić information content (AvgIpc) is 2.74. The van der Waals surface area contributed by atoms with Crippen LogP contribution in [0, 0.1) is 0 Å². The summed E-state index contributed by atoms with van der Waals surface area (Å²) in [6.45, 7) is 2.14. The molecule has 0 spiro atoms. The molecule has 0 saturated heterocycles. The number of hydrogen-bond donors (Lipinski definition) is 0. The summed E-state index contributed by atoms with van der Waals surface area (Å²) in [5.74, 6) is -0.105. The summed E-state index contributed by atoms with van der Waals surface area (Å²) in [5.41, 5.74) is 0. The van der Waals surface area contributed by atoms with E-state index in [1.165, 1.54) is 0 Å². The molecule has 0 aliphatic rings. The molecule has 0 bridgehead atoms. The van der Waals surface area contributed by atoms with Crippen LogP contribution in [0.5, 0.6) is 0 Å². The van der Waals surface area contributed by atoms with E-state index in [1.807, 2.05) is 54.6 Å². The van der Waals surface area contributed by atoms with Gasteiger partial charge in [0.25, 0.3) is 0 Å². The van der Waals surface area contributed by atoms with E-state index in [4.69, 9.17) is 4.52 Å². The number of carbonyl (C=O) groups excluding carboxylic acids is 1. The van der Waals surface area contributed by atoms with E-state index in [9.17, 15) is 4.79 Å². The molecule has 2 nitrogen and oxygen atoms in total. The maximum atomic E-state index is 12.9. The fourth-order valence-corrected chi connectivity index (χ4v) is 7.22. The van der Waals surface area contributed by atoms with Crippen molar-refractivity contribution in [2.24, 2.45) is 0 Å². The summed E-state index contributed by atoms with van der Waals surface area (Å²) in [6, 6.07) is 30.7. The van der Waals surface area contributed by atoms with E-state index >= 15 is 0 Å². The molecule has 3 aromatic carbocycles. The molecule has 0 saturated carbocycles. The molecule has 0 N–H and O–H groups in total. The third kappa shape index (κ3) is 4.46. The number of unbranched alkanes of at least 4 members (excludes halogenated alkanes) is 2. The molecule has 3 heteroatoms. The number of hydrogen-bond acceptors (Lipinski definition) is 2. The predicted molar refractivity (Wildman–Crippen MR) is 117 cm³/mol. The van der Waals surface area contributed by atoms with E-state index < -0.39 is 7.49 Å². The van der Waals surface area contributed by atoms with Gasteiger partial charge < -0.3 is 0 Å². The molecule has 0 unspecified atom stereocenters. The van der Waals surface area contributed by atoms with Gasteiger partial charge in [-0.3, -0.25) is 0 Å². The van der Waals surface area contributed by atoms with Gasteiger partial charge in [-0.05, 0) is 0 Å². The van der Waals surface area contributed by atoms with Crippen molar-refractivity contribution < 1.29 is 9.32 Å². The molecule has 0 aromatic heterocycles. The summed E-state index contributed by atoms with van der Waals surface area (Å²) in [7, 11) is -2.90. The monoisotopic (exact) mass is 378 g/mol. The van der Waals surface area contributed by atoms with Crippen LogP contribution in [0.15, 0.2) is 91.0 Å². The van der Waals surface area contributed by atoms with E-state index in [0.717, 1.165) is 35.2 Å². The summed E-state index contributed by atoms with van der Waals surface area (Å²) in [4.78, 5) is 12.9. The van der Waals surface area contributed by atoms with Gasteiger partial charge in [-0.1, -0.05) is 0 Å². The number of carbonyl (C=O) groups is 1. The molecule has 27 heavy (non-hydrogen) atoms. The number of benzene rings is 3. The fourth-order valence-electron chi connectivity index (χ4n) is 3.44.